The summed E-state index contributed by atoms with van der Waals surface area (Å²) in [6.45, 7) is 3.49. The molecule has 8 nitrogen and oxygen atoms in total. The number of hydrogen-bond donors (Lipinski definition) is 1. The second-order valence-corrected chi connectivity index (χ2v) is 9.48. The molecule has 3 amide bonds. The van der Waals surface area contributed by atoms with E-state index in [1.807, 2.05) is 48.6 Å². The molecule has 1 N–H and O–H groups in total. The highest BCUT2D eigenvalue weighted by Crippen LogP contribution is 2.26. The van der Waals surface area contributed by atoms with Gasteiger partial charge in [0.15, 0.2) is 0 Å². The summed E-state index contributed by atoms with van der Waals surface area (Å²) in [6, 6.07) is 15.6. The van der Waals surface area contributed by atoms with E-state index in [9.17, 15) is 14.4 Å². The second kappa shape index (κ2) is 11.7. The Bertz CT molecular complexity index is 1100. The van der Waals surface area contributed by atoms with Gasteiger partial charge >= 0.3 is 6.09 Å². The van der Waals surface area contributed by atoms with Crippen molar-refractivity contribution in [1.82, 2.24) is 15.1 Å². The molecule has 0 aromatic heterocycles. The fourth-order valence-corrected chi connectivity index (χ4v) is 4.59. The Kier molecular flexibility index (Phi) is 8.25. The van der Waals surface area contributed by atoms with Gasteiger partial charge < -0.3 is 24.6 Å². The summed E-state index contributed by atoms with van der Waals surface area (Å²) in [5.41, 5.74) is 1.41. The van der Waals surface area contributed by atoms with E-state index in [0.717, 1.165) is 12.0 Å². The normalized spacial score (nSPS) is 22.8. The van der Waals surface area contributed by atoms with Gasteiger partial charge in [-0.2, -0.15) is 0 Å². The maximum Gasteiger partial charge on any atom is 0.408 e. The minimum Gasteiger partial charge on any atom is -0.491 e. The molecular weight excluding hydrogens is 458 g/mol. The number of carbonyl (C=O) groups excluding carboxylic acids is 3. The minimum absolute atomic E-state index is 0.117. The van der Waals surface area contributed by atoms with Crippen LogP contribution >= 0.6 is 0 Å². The van der Waals surface area contributed by atoms with Crippen molar-refractivity contribution in [1.29, 1.82) is 0 Å². The number of carbonyl (C=O) groups is 3. The highest BCUT2D eigenvalue weighted by molar-refractivity contribution is 5.94. The zero-order valence-corrected chi connectivity index (χ0v) is 20.8. The smallest absolute Gasteiger partial charge is 0.408 e. The van der Waals surface area contributed by atoms with E-state index in [0.29, 0.717) is 36.9 Å². The number of nitrogens with zero attached hydrogens (tertiary/aromatic N) is 2. The Morgan fingerprint density at radius 3 is 2.72 bits per heavy atom. The number of fused-ring (bicyclic) bond motifs is 3. The number of rotatable bonds is 3. The Labute approximate surface area is 211 Å². The van der Waals surface area contributed by atoms with E-state index in [2.05, 4.69) is 12.2 Å². The number of hydrogen-bond acceptors (Lipinski definition) is 5. The van der Waals surface area contributed by atoms with Crippen LogP contribution in [0.25, 0.3) is 0 Å². The molecule has 0 radical (unpaired) electrons. The van der Waals surface area contributed by atoms with E-state index >= 15 is 0 Å². The predicted molar refractivity (Wildman–Crippen MR) is 135 cm³/mol. The van der Waals surface area contributed by atoms with Crippen molar-refractivity contribution in [3.8, 4) is 5.75 Å². The van der Waals surface area contributed by atoms with Crippen LogP contribution in [-0.2, 0) is 16.1 Å². The molecule has 1 fully saturated rings. The van der Waals surface area contributed by atoms with Crippen LogP contribution in [0, 0.1) is 5.92 Å². The van der Waals surface area contributed by atoms with Crippen molar-refractivity contribution >= 4 is 17.9 Å². The molecule has 2 aliphatic heterocycles. The summed E-state index contributed by atoms with van der Waals surface area (Å²) in [4.78, 5) is 42.4. The lowest BCUT2D eigenvalue weighted by Crippen LogP contribution is -2.51. The second-order valence-electron chi connectivity index (χ2n) is 9.48. The molecule has 8 heteroatoms. The molecule has 2 aromatic rings. The molecule has 36 heavy (non-hydrogen) atoms. The summed E-state index contributed by atoms with van der Waals surface area (Å²) < 4.78 is 11.4. The first-order valence-electron chi connectivity index (χ1n) is 12.3. The van der Waals surface area contributed by atoms with Crippen molar-refractivity contribution in [3.05, 3.63) is 77.9 Å². The van der Waals surface area contributed by atoms with Crippen LogP contribution < -0.4 is 10.1 Å². The van der Waals surface area contributed by atoms with Gasteiger partial charge in [-0.25, -0.2) is 4.79 Å². The van der Waals surface area contributed by atoms with Gasteiger partial charge in [-0.05, 0) is 42.5 Å². The Balaban J connectivity index is 1.52. The summed E-state index contributed by atoms with van der Waals surface area (Å²) in [6.07, 6.45) is 4.10. The monoisotopic (exact) mass is 491 g/mol. The summed E-state index contributed by atoms with van der Waals surface area (Å²) >= 11 is 0. The lowest BCUT2D eigenvalue weighted by atomic mass is 10.1. The lowest BCUT2D eigenvalue weighted by Gasteiger charge is -2.29. The Hall–Kier alpha value is -3.81. The van der Waals surface area contributed by atoms with Gasteiger partial charge in [-0.15, -0.1) is 0 Å². The van der Waals surface area contributed by atoms with E-state index in [4.69, 9.17) is 9.47 Å². The average molecular weight is 492 g/mol. The van der Waals surface area contributed by atoms with E-state index in [1.165, 1.54) is 0 Å². The first kappa shape index (κ1) is 25.3. The summed E-state index contributed by atoms with van der Waals surface area (Å²) in [7, 11) is 1.72. The molecule has 0 spiro atoms. The van der Waals surface area contributed by atoms with Crippen LogP contribution in [0.2, 0.25) is 0 Å². The third kappa shape index (κ3) is 6.44. The summed E-state index contributed by atoms with van der Waals surface area (Å²) in [5.74, 6) is 0.614. The molecular formula is C28H33N3O5. The number of amides is 3. The van der Waals surface area contributed by atoms with Crippen molar-refractivity contribution < 1.29 is 23.9 Å². The van der Waals surface area contributed by atoms with Gasteiger partial charge in [0.2, 0.25) is 5.91 Å². The van der Waals surface area contributed by atoms with Gasteiger partial charge in [0.1, 0.15) is 25.0 Å². The minimum atomic E-state index is -0.787. The lowest BCUT2D eigenvalue weighted by molar-refractivity contribution is -0.134. The van der Waals surface area contributed by atoms with Crippen LogP contribution in [0.15, 0.2) is 66.7 Å². The van der Waals surface area contributed by atoms with Crippen molar-refractivity contribution in [2.75, 3.05) is 26.7 Å². The molecule has 2 aliphatic rings. The Morgan fingerprint density at radius 2 is 1.92 bits per heavy atom. The molecule has 2 bridgehead atoms. The maximum atomic E-state index is 13.6. The van der Waals surface area contributed by atoms with E-state index in [1.54, 1.807) is 35.0 Å². The topological polar surface area (TPSA) is 88.2 Å². The molecule has 2 heterocycles. The van der Waals surface area contributed by atoms with Crippen molar-refractivity contribution in [2.24, 2.45) is 5.92 Å². The maximum absolute atomic E-state index is 13.6. The van der Waals surface area contributed by atoms with Gasteiger partial charge in [-0.3, -0.25) is 9.59 Å². The number of nitrogens with one attached hydrogen (secondary N) is 1. The van der Waals surface area contributed by atoms with Crippen LogP contribution in [0.3, 0.4) is 0 Å². The SMILES string of the molecule is C[C@H]1C[C@H]2COc3cccc(c3)C(=O)N(C)CC=CC[C@H](NC(=O)OCc3ccccc3)C(=O)N2C1. The van der Waals surface area contributed by atoms with Crippen molar-refractivity contribution in [2.45, 2.75) is 38.5 Å². The molecule has 0 aliphatic carbocycles. The molecule has 1 saturated heterocycles. The first-order valence-corrected chi connectivity index (χ1v) is 12.3. The van der Waals surface area contributed by atoms with E-state index in [-0.39, 0.29) is 30.9 Å². The van der Waals surface area contributed by atoms with Gasteiger partial charge in [-0.1, -0.05) is 55.5 Å². The molecule has 2 aromatic carbocycles. The number of likely N-dealkylation sites (N-methyl/N-ethyl adjacent to an activating group) is 1. The Morgan fingerprint density at radius 1 is 1.11 bits per heavy atom. The fourth-order valence-electron chi connectivity index (χ4n) is 4.59. The summed E-state index contributed by atoms with van der Waals surface area (Å²) in [5, 5.41) is 2.76. The average Bonchev–Trinajstić information content (AvgIpc) is 3.27. The van der Waals surface area contributed by atoms with Gasteiger partial charge in [0.25, 0.3) is 5.91 Å². The number of ether oxygens (including phenoxy) is 2. The predicted octanol–water partition coefficient (Wildman–Crippen LogP) is 3.63. The molecule has 0 saturated carbocycles. The van der Waals surface area contributed by atoms with Crippen LogP contribution in [0.4, 0.5) is 4.79 Å². The third-order valence-electron chi connectivity index (χ3n) is 6.50. The van der Waals surface area contributed by atoms with Crippen molar-refractivity contribution in [3.63, 3.8) is 0 Å². The molecule has 4 rings (SSSR count). The third-order valence-corrected chi connectivity index (χ3v) is 6.50. The van der Waals surface area contributed by atoms with Gasteiger partial charge in [0.05, 0.1) is 6.04 Å². The fraction of sp³-hybridized carbons (Fsp3) is 0.393. The first-order chi connectivity index (χ1) is 17.4. The van der Waals surface area contributed by atoms with Gasteiger partial charge in [0, 0.05) is 25.7 Å². The van der Waals surface area contributed by atoms with Crippen LogP contribution in [-0.4, -0.2) is 66.5 Å². The standard InChI is InChI=1S/C28H33N3O5/c1-20-15-23-19-35-24-12-8-11-22(16-24)26(32)30(2)14-7-6-13-25(27(33)31(23)17-20)29-28(34)36-18-21-9-4-3-5-10-21/h3-12,16,20,23,25H,13-15,17-19H2,1-2H3,(H,29,34)/t20-,23-,25-/m0/s1. The van der Waals surface area contributed by atoms with Crippen LogP contribution in [0.5, 0.6) is 5.75 Å². The van der Waals surface area contributed by atoms with Crippen LogP contribution in [0.1, 0.15) is 35.7 Å². The molecule has 0 unspecified atom stereocenters. The highest BCUT2D eigenvalue weighted by atomic mass is 16.5. The number of benzene rings is 2. The highest BCUT2D eigenvalue weighted by Gasteiger charge is 2.37. The zero-order chi connectivity index (χ0) is 25.5. The zero-order valence-electron chi connectivity index (χ0n) is 20.8. The van der Waals surface area contributed by atoms with E-state index < -0.39 is 12.1 Å². The largest absolute Gasteiger partial charge is 0.491 e. The quantitative estimate of drug-likeness (QED) is 0.663. The molecule has 3 atom stereocenters. The number of alkyl carbamates (subject to hydrolysis) is 1. The molecule has 190 valence electrons.